The minimum Gasteiger partial charge on any atom is -0.492 e. The van der Waals surface area contributed by atoms with E-state index in [1.54, 1.807) is 0 Å². The van der Waals surface area contributed by atoms with Gasteiger partial charge >= 0.3 is 0 Å². The standard InChI is InChI=1S/C21H25NO3/c1-16-9-11-18(12-10-16)24-14-13-22-21(23)15-25-20-8-4-6-17-5-2-3-7-19(17)20/h4,6,8-12H,2-3,5,7,13-15H2,1H3,(H,22,23). The van der Waals surface area contributed by atoms with Gasteiger partial charge in [-0.05, 0) is 61.9 Å². The van der Waals surface area contributed by atoms with Crippen LogP contribution in [0.1, 0.15) is 29.5 Å². The number of amides is 1. The van der Waals surface area contributed by atoms with Gasteiger partial charge < -0.3 is 14.8 Å². The number of nitrogens with one attached hydrogen (secondary N) is 1. The molecule has 0 spiro atoms. The molecular weight excluding hydrogens is 314 g/mol. The van der Waals surface area contributed by atoms with E-state index >= 15 is 0 Å². The maximum atomic E-state index is 11.9. The number of carbonyl (C=O) groups is 1. The smallest absolute Gasteiger partial charge is 0.258 e. The Bertz CT molecular complexity index is 710. The average molecular weight is 339 g/mol. The van der Waals surface area contributed by atoms with Gasteiger partial charge in [-0.2, -0.15) is 0 Å². The lowest BCUT2D eigenvalue weighted by Crippen LogP contribution is -2.32. The molecule has 1 aliphatic rings. The van der Waals surface area contributed by atoms with Crippen LogP contribution >= 0.6 is 0 Å². The van der Waals surface area contributed by atoms with Gasteiger partial charge in [-0.25, -0.2) is 0 Å². The number of aryl methyl sites for hydroxylation is 2. The molecule has 0 radical (unpaired) electrons. The highest BCUT2D eigenvalue weighted by Crippen LogP contribution is 2.29. The Kier molecular flexibility index (Phi) is 5.94. The van der Waals surface area contributed by atoms with E-state index in [9.17, 15) is 4.79 Å². The van der Waals surface area contributed by atoms with Crippen molar-refractivity contribution in [3.05, 3.63) is 59.2 Å². The second-order valence-electron chi connectivity index (χ2n) is 6.40. The van der Waals surface area contributed by atoms with E-state index in [0.717, 1.165) is 24.3 Å². The van der Waals surface area contributed by atoms with Gasteiger partial charge in [0.25, 0.3) is 5.91 Å². The number of hydrogen-bond acceptors (Lipinski definition) is 3. The van der Waals surface area contributed by atoms with E-state index in [-0.39, 0.29) is 12.5 Å². The van der Waals surface area contributed by atoms with Gasteiger partial charge in [0, 0.05) is 0 Å². The molecule has 132 valence electrons. The molecule has 4 nitrogen and oxygen atoms in total. The Labute approximate surface area is 149 Å². The first-order valence-corrected chi connectivity index (χ1v) is 8.92. The quantitative estimate of drug-likeness (QED) is 0.786. The molecule has 2 aromatic carbocycles. The summed E-state index contributed by atoms with van der Waals surface area (Å²) in [7, 11) is 0. The molecule has 25 heavy (non-hydrogen) atoms. The SMILES string of the molecule is Cc1ccc(OCCNC(=O)COc2cccc3c2CCCC3)cc1. The minimum atomic E-state index is -0.124. The first kappa shape index (κ1) is 17.3. The summed E-state index contributed by atoms with van der Waals surface area (Å²) in [6.07, 6.45) is 4.57. The Morgan fingerprint density at radius 1 is 1.04 bits per heavy atom. The first-order valence-electron chi connectivity index (χ1n) is 8.92. The van der Waals surface area contributed by atoms with Crippen molar-refractivity contribution in [1.29, 1.82) is 0 Å². The summed E-state index contributed by atoms with van der Waals surface area (Å²) in [6, 6.07) is 14.0. The molecule has 0 bridgehead atoms. The van der Waals surface area contributed by atoms with Crippen molar-refractivity contribution < 1.29 is 14.3 Å². The zero-order valence-corrected chi connectivity index (χ0v) is 14.7. The van der Waals surface area contributed by atoms with Crippen molar-refractivity contribution in [3.8, 4) is 11.5 Å². The van der Waals surface area contributed by atoms with Crippen LogP contribution < -0.4 is 14.8 Å². The number of fused-ring (bicyclic) bond motifs is 1. The molecule has 1 aliphatic carbocycles. The Balaban J connectivity index is 1.39. The summed E-state index contributed by atoms with van der Waals surface area (Å²) in [5.74, 6) is 1.54. The molecule has 3 rings (SSSR count). The van der Waals surface area contributed by atoms with Crippen LogP contribution in [0.15, 0.2) is 42.5 Å². The van der Waals surface area contributed by atoms with Gasteiger partial charge in [-0.3, -0.25) is 4.79 Å². The molecule has 2 aromatic rings. The van der Waals surface area contributed by atoms with Crippen LogP contribution in [-0.2, 0) is 17.6 Å². The lowest BCUT2D eigenvalue weighted by Gasteiger charge is -2.19. The van der Waals surface area contributed by atoms with Crippen molar-refractivity contribution in [2.75, 3.05) is 19.8 Å². The molecule has 1 amide bonds. The van der Waals surface area contributed by atoms with Crippen molar-refractivity contribution in [3.63, 3.8) is 0 Å². The van der Waals surface area contributed by atoms with Gasteiger partial charge in [0.2, 0.25) is 0 Å². The summed E-state index contributed by atoms with van der Waals surface area (Å²) < 4.78 is 11.3. The Hall–Kier alpha value is -2.49. The molecular formula is C21H25NO3. The molecule has 1 N–H and O–H groups in total. The third-order valence-electron chi connectivity index (χ3n) is 4.43. The average Bonchev–Trinajstić information content (AvgIpc) is 2.65. The summed E-state index contributed by atoms with van der Waals surface area (Å²) >= 11 is 0. The molecule has 0 unspecified atom stereocenters. The zero-order valence-electron chi connectivity index (χ0n) is 14.7. The van der Waals surface area contributed by atoms with Crippen molar-refractivity contribution in [2.45, 2.75) is 32.6 Å². The highest BCUT2D eigenvalue weighted by molar-refractivity contribution is 5.77. The number of ether oxygens (including phenoxy) is 2. The number of hydrogen-bond donors (Lipinski definition) is 1. The number of benzene rings is 2. The van der Waals surface area contributed by atoms with Crippen LogP contribution in [0.4, 0.5) is 0 Å². The number of rotatable bonds is 7. The summed E-state index contributed by atoms with van der Waals surface area (Å²) in [5, 5.41) is 2.83. The van der Waals surface area contributed by atoms with Crippen LogP contribution in [0.25, 0.3) is 0 Å². The maximum Gasteiger partial charge on any atom is 0.258 e. The zero-order chi connectivity index (χ0) is 17.5. The minimum absolute atomic E-state index is 0.0426. The van der Waals surface area contributed by atoms with Crippen molar-refractivity contribution in [1.82, 2.24) is 5.32 Å². The van der Waals surface area contributed by atoms with E-state index in [1.165, 1.54) is 29.5 Å². The molecule has 0 saturated heterocycles. The summed E-state index contributed by atoms with van der Waals surface area (Å²) in [6.45, 7) is 2.98. The van der Waals surface area contributed by atoms with Gasteiger partial charge in [-0.15, -0.1) is 0 Å². The fourth-order valence-electron chi connectivity index (χ4n) is 3.07. The largest absolute Gasteiger partial charge is 0.492 e. The predicted octanol–water partition coefficient (Wildman–Crippen LogP) is 3.45. The van der Waals surface area contributed by atoms with Gasteiger partial charge in [-0.1, -0.05) is 29.8 Å². The van der Waals surface area contributed by atoms with Crippen molar-refractivity contribution >= 4 is 5.91 Å². The van der Waals surface area contributed by atoms with E-state index in [2.05, 4.69) is 11.4 Å². The fraction of sp³-hybridized carbons (Fsp3) is 0.381. The van der Waals surface area contributed by atoms with Crippen LogP contribution in [0.2, 0.25) is 0 Å². The second kappa shape index (κ2) is 8.56. The van der Waals surface area contributed by atoms with Crippen LogP contribution in [-0.4, -0.2) is 25.7 Å². The second-order valence-corrected chi connectivity index (χ2v) is 6.40. The Morgan fingerprint density at radius 3 is 2.68 bits per heavy atom. The highest BCUT2D eigenvalue weighted by atomic mass is 16.5. The third-order valence-corrected chi connectivity index (χ3v) is 4.43. The third kappa shape index (κ3) is 4.99. The molecule has 0 saturated carbocycles. The van der Waals surface area contributed by atoms with E-state index < -0.39 is 0 Å². The molecule has 0 aliphatic heterocycles. The van der Waals surface area contributed by atoms with Gasteiger partial charge in [0.15, 0.2) is 6.61 Å². The molecule has 4 heteroatoms. The van der Waals surface area contributed by atoms with Crippen LogP contribution in [0.5, 0.6) is 11.5 Å². The highest BCUT2D eigenvalue weighted by Gasteiger charge is 2.14. The van der Waals surface area contributed by atoms with Crippen LogP contribution in [0.3, 0.4) is 0 Å². The predicted molar refractivity (Wildman–Crippen MR) is 98.3 cm³/mol. The van der Waals surface area contributed by atoms with E-state index in [1.807, 2.05) is 43.3 Å². The molecule has 0 fully saturated rings. The van der Waals surface area contributed by atoms with Gasteiger partial charge in [0.1, 0.15) is 18.1 Å². The van der Waals surface area contributed by atoms with Crippen molar-refractivity contribution in [2.24, 2.45) is 0 Å². The monoisotopic (exact) mass is 339 g/mol. The molecule has 0 aromatic heterocycles. The fourth-order valence-corrected chi connectivity index (χ4v) is 3.07. The lowest BCUT2D eigenvalue weighted by molar-refractivity contribution is -0.123. The first-order chi connectivity index (χ1) is 12.2. The maximum absolute atomic E-state index is 11.9. The molecule has 0 heterocycles. The van der Waals surface area contributed by atoms with E-state index in [0.29, 0.717) is 13.2 Å². The summed E-state index contributed by atoms with van der Waals surface area (Å²) in [5.41, 5.74) is 3.82. The summed E-state index contributed by atoms with van der Waals surface area (Å²) in [4.78, 5) is 11.9. The molecule has 0 atom stereocenters. The van der Waals surface area contributed by atoms with Crippen LogP contribution in [0, 0.1) is 6.92 Å². The Morgan fingerprint density at radius 2 is 1.84 bits per heavy atom. The van der Waals surface area contributed by atoms with E-state index in [4.69, 9.17) is 9.47 Å². The lowest BCUT2D eigenvalue weighted by atomic mass is 9.91. The normalized spacial score (nSPS) is 13.0. The topological polar surface area (TPSA) is 47.6 Å². The van der Waals surface area contributed by atoms with Gasteiger partial charge in [0.05, 0.1) is 6.54 Å². The number of carbonyl (C=O) groups excluding carboxylic acids is 1.